The van der Waals surface area contributed by atoms with Gasteiger partial charge in [0.2, 0.25) is 0 Å². The molecule has 0 fully saturated rings. The Labute approximate surface area is 215 Å². The molecule has 0 aliphatic rings. The summed E-state index contributed by atoms with van der Waals surface area (Å²) in [5.41, 5.74) is 2.70. The second kappa shape index (κ2) is 12.9. The number of aromatic nitrogens is 2. The fraction of sp³-hybridized carbons (Fsp3) is 0.357. The molecule has 2 aromatic carbocycles. The van der Waals surface area contributed by atoms with Crippen LogP contribution in [0.15, 0.2) is 54.6 Å². The third kappa shape index (κ3) is 7.57. The SMILES string of the molecule is COC(=O)CC(O)CC(=O)CCc1c(-c2ccc(F)cc2)nc(C(=O)NCc2ccccc2)n1C(C)C. The van der Waals surface area contributed by atoms with Gasteiger partial charge in [0.05, 0.1) is 25.3 Å². The lowest BCUT2D eigenvalue weighted by atomic mass is 10.0. The standard InChI is InChI=1S/C28H32FN3O5/c1-18(2)32-24(14-13-22(33)15-23(34)16-25(35)37-3)26(20-9-11-21(29)12-10-20)31-27(32)28(36)30-17-19-7-5-4-6-8-19/h4-12,18,23,34H,13-17H2,1-3H3,(H,30,36). The van der Waals surface area contributed by atoms with Gasteiger partial charge in [-0.3, -0.25) is 14.4 Å². The minimum absolute atomic E-state index is 0.0654. The number of aliphatic hydroxyl groups excluding tert-OH is 1. The number of nitrogens with one attached hydrogen (secondary N) is 1. The number of aliphatic hydroxyl groups is 1. The number of hydrogen-bond acceptors (Lipinski definition) is 6. The molecule has 3 rings (SSSR count). The summed E-state index contributed by atoms with van der Waals surface area (Å²) in [5, 5.41) is 12.9. The van der Waals surface area contributed by atoms with E-state index in [-0.39, 0.29) is 49.2 Å². The molecule has 0 aliphatic carbocycles. The van der Waals surface area contributed by atoms with Crippen LogP contribution < -0.4 is 5.32 Å². The number of ketones is 1. The number of halogens is 1. The maximum atomic E-state index is 13.6. The van der Waals surface area contributed by atoms with E-state index in [4.69, 9.17) is 0 Å². The first-order chi connectivity index (χ1) is 17.7. The van der Waals surface area contributed by atoms with Crippen LogP contribution in [0.4, 0.5) is 4.39 Å². The summed E-state index contributed by atoms with van der Waals surface area (Å²) in [6.07, 6.45) is -1.28. The van der Waals surface area contributed by atoms with Gasteiger partial charge in [-0.1, -0.05) is 30.3 Å². The van der Waals surface area contributed by atoms with Gasteiger partial charge in [0.1, 0.15) is 11.6 Å². The van der Waals surface area contributed by atoms with E-state index in [2.05, 4.69) is 15.0 Å². The van der Waals surface area contributed by atoms with Crippen molar-refractivity contribution in [2.75, 3.05) is 7.11 Å². The van der Waals surface area contributed by atoms with E-state index in [9.17, 15) is 23.9 Å². The first kappa shape index (κ1) is 27.7. The van der Waals surface area contributed by atoms with Crippen LogP contribution in [0.1, 0.15) is 61.0 Å². The van der Waals surface area contributed by atoms with Crippen molar-refractivity contribution in [3.8, 4) is 11.3 Å². The summed E-state index contributed by atoms with van der Waals surface area (Å²) in [7, 11) is 1.22. The predicted octanol–water partition coefficient (Wildman–Crippen LogP) is 4.02. The number of amides is 1. The highest BCUT2D eigenvalue weighted by Gasteiger charge is 2.25. The molecule has 1 heterocycles. The van der Waals surface area contributed by atoms with Crippen LogP contribution in [-0.2, 0) is 27.3 Å². The lowest BCUT2D eigenvalue weighted by molar-refractivity contribution is -0.143. The quantitative estimate of drug-likeness (QED) is 0.357. The molecule has 1 amide bonds. The molecule has 1 atom stereocenters. The second-order valence-electron chi connectivity index (χ2n) is 9.05. The Kier molecular flexibility index (Phi) is 9.68. The molecule has 1 aromatic heterocycles. The largest absolute Gasteiger partial charge is 0.469 e. The van der Waals surface area contributed by atoms with Crippen LogP contribution in [-0.4, -0.2) is 45.5 Å². The van der Waals surface area contributed by atoms with E-state index in [1.165, 1.54) is 19.2 Å². The maximum Gasteiger partial charge on any atom is 0.308 e. The summed E-state index contributed by atoms with van der Waals surface area (Å²) in [4.78, 5) is 41.8. The van der Waals surface area contributed by atoms with E-state index in [1.807, 2.05) is 44.2 Å². The number of Topliss-reactive ketones (excluding diaryl/α,β-unsaturated/α-hetero) is 1. The Morgan fingerprint density at radius 1 is 1.05 bits per heavy atom. The van der Waals surface area contributed by atoms with Crippen molar-refractivity contribution in [3.05, 3.63) is 77.5 Å². The topological polar surface area (TPSA) is 111 Å². The number of methoxy groups -OCH3 is 1. The summed E-state index contributed by atoms with van der Waals surface area (Å²) in [6, 6.07) is 15.1. The maximum absolute atomic E-state index is 13.6. The molecule has 1 unspecified atom stereocenters. The van der Waals surface area contributed by atoms with Crippen molar-refractivity contribution >= 4 is 17.7 Å². The Balaban J connectivity index is 1.88. The highest BCUT2D eigenvalue weighted by molar-refractivity contribution is 5.92. The first-order valence-corrected chi connectivity index (χ1v) is 12.1. The van der Waals surface area contributed by atoms with Crippen LogP contribution >= 0.6 is 0 Å². The molecule has 3 aromatic rings. The lowest BCUT2D eigenvalue weighted by Crippen LogP contribution is -2.27. The molecular weight excluding hydrogens is 477 g/mol. The minimum atomic E-state index is -1.13. The molecule has 8 nitrogen and oxygen atoms in total. The first-order valence-electron chi connectivity index (χ1n) is 12.1. The van der Waals surface area contributed by atoms with Crippen LogP contribution in [0.2, 0.25) is 0 Å². The van der Waals surface area contributed by atoms with E-state index in [1.54, 1.807) is 16.7 Å². The number of benzene rings is 2. The molecule has 0 radical (unpaired) electrons. The number of carbonyl (C=O) groups is 3. The molecule has 0 spiro atoms. The van der Waals surface area contributed by atoms with Crippen molar-refractivity contribution < 1.29 is 28.6 Å². The van der Waals surface area contributed by atoms with Crippen molar-refractivity contribution in [1.29, 1.82) is 0 Å². The monoisotopic (exact) mass is 509 g/mol. The van der Waals surface area contributed by atoms with E-state index in [0.717, 1.165) is 5.56 Å². The van der Waals surface area contributed by atoms with Gasteiger partial charge < -0.3 is 19.7 Å². The number of nitrogens with zero attached hydrogens (tertiary/aromatic N) is 2. The van der Waals surface area contributed by atoms with Crippen LogP contribution in [0.5, 0.6) is 0 Å². The highest BCUT2D eigenvalue weighted by Crippen LogP contribution is 2.29. The molecule has 37 heavy (non-hydrogen) atoms. The van der Waals surface area contributed by atoms with Crippen molar-refractivity contribution in [2.45, 2.75) is 58.2 Å². The number of ether oxygens (including phenoxy) is 1. The fourth-order valence-electron chi connectivity index (χ4n) is 4.09. The molecule has 0 bridgehead atoms. The predicted molar refractivity (Wildman–Crippen MR) is 136 cm³/mol. The summed E-state index contributed by atoms with van der Waals surface area (Å²) < 4.78 is 19.9. The average molecular weight is 510 g/mol. The Hall–Kier alpha value is -3.85. The molecule has 0 saturated carbocycles. The minimum Gasteiger partial charge on any atom is -0.469 e. The van der Waals surface area contributed by atoms with E-state index in [0.29, 0.717) is 23.5 Å². The van der Waals surface area contributed by atoms with Gasteiger partial charge in [0.25, 0.3) is 5.91 Å². The second-order valence-corrected chi connectivity index (χ2v) is 9.05. The van der Waals surface area contributed by atoms with Gasteiger partial charge in [-0.15, -0.1) is 0 Å². The normalized spacial score (nSPS) is 11.8. The number of imidazole rings is 1. The van der Waals surface area contributed by atoms with E-state index >= 15 is 0 Å². The summed E-state index contributed by atoms with van der Waals surface area (Å²) in [6.45, 7) is 4.15. The smallest absolute Gasteiger partial charge is 0.308 e. The van der Waals surface area contributed by atoms with Crippen molar-refractivity contribution in [1.82, 2.24) is 14.9 Å². The van der Waals surface area contributed by atoms with Gasteiger partial charge in [-0.2, -0.15) is 0 Å². The van der Waals surface area contributed by atoms with Crippen LogP contribution in [0.3, 0.4) is 0 Å². The Bertz CT molecular complexity index is 1220. The van der Waals surface area contributed by atoms with Crippen molar-refractivity contribution in [3.63, 3.8) is 0 Å². The third-order valence-electron chi connectivity index (χ3n) is 5.88. The number of carbonyl (C=O) groups excluding carboxylic acids is 3. The molecule has 196 valence electrons. The highest BCUT2D eigenvalue weighted by atomic mass is 19.1. The lowest BCUT2D eigenvalue weighted by Gasteiger charge is -2.16. The van der Waals surface area contributed by atoms with Gasteiger partial charge in [-0.05, 0) is 50.1 Å². The van der Waals surface area contributed by atoms with Gasteiger partial charge in [0.15, 0.2) is 5.82 Å². The van der Waals surface area contributed by atoms with Crippen LogP contribution in [0, 0.1) is 5.82 Å². The van der Waals surface area contributed by atoms with E-state index < -0.39 is 17.9 Å². The zero-order valence-corrected chi connectivity index (χ0v) is 21.2. The van der Waals surface area contributed by atoms with Crippen LogP contribution in [0.25, 0.3) is 11.3 Å². The zero-order chi connectivity index (χ0) is 26.9. The molecular formula is C28H32FN3O5. The Morgan fingerprint density at radius 2 is 1.73 bits per heavy atom. The summed E-state index contributed by atoms with van der Waals surface area (Å²) in [5.74, 6) is -1.41. The molecule has 2 N–H and O–H groups in total. The third-order valence-corrected chi connectivity index (χ3v) is 5.88. The number of hydrogen-bond donors (Lipinski definition) is 2. The number of esters is 1. The fourth-order valence-corrected chi connectivity index (χ4v) is 4.09. The van der Waals surface area contributed by atoms with Crippen molar-refractivity contribution in [2.24, 2.45) is 0 Å². The molecule has 9 heteroatoms. The zero-order valence-electron chi connectivity index (χ0n) is 21.2. The summed E-state index contributed by atoms with van der Waals surface area (Å²) >= 11 is 0. The molecule has 0 saturated heterocycles. The molecule has 0 aliphatic heterocycles. The average Bonchev–Trinajstić information content (AvgIpc) is 3.27. The number of rotatable bonds is 12. The Morgan fingerprint density at radius 3 is 2.35 bits per heavy atom. The van der Waals surface area contributed by atoms with Gasteiger partial charge >= 0.3 is 5.97 Å². The van der Waals surface area contributed by atoms with Gasteiger partial charge in [-0.25, -0.2) is 9.37 Å². The van der Waals surface area contributed by atoms with Gasteiger partial charge in [0, 0.05) is 36.7 Å².